The van der Waals surface area contributed by atoms with Gasteiger partial charge in [0.1, 0.15) is 5.82 Å². The SMILES string of the molecule is CCN(c1nc(N)cn2ccnc12)C1CC1. The maximum Gasteiger partial charge on any atom is 0.180 e. The molecule has 5 nitrogen and oxygen atoms in total. The molecule has 0 amide bonds. The summed E-state index contributed by atoms with van der Waals surface area (Å²) in [7, 11) is 0. The van der Waals surface area contributed by atoms with E-state index >= 15 is 0 Å². The van der Waals surface area contributed by atoms with Crippen LogP contribution in [0.3, 0.4) is 0 Å². The third kappa shape index (κ3) is 1.39. The standard InChI is InChI=1S/C11H15N5/c1-2-16(8-3-4-8)11-10-13-5-6-15(10)7-9(12)14-11/h5-8H,2-4,12H2,1H3. The molecule has 2 aromatic rings. The summed E-state index contributed by atoms with van der Waals surface area (Å²) in [5, 5.41) is 0. The molecule has 3 rings (SSSR count). The van der Waals surface area contributed by atoms with Crippen LogP contribution in [0.5, 0.6) is 0 Å². The zero-order valence-corrected chi connectivity index (χ0v) is 9.30. The molecule has 16 heavy (non-hydrogen) atoms. The zero-order valence-electron chi connectivity index (χ0n) is 9.30. The average Bonchev–Trinajstić information content (AvgIpc) is 2.97. The van der Waals surface area contributed by atoms with Crippen LogP contribution in [0.25, 0.3) is 5.65 Å². The Morgan fingerprint density at radius 1 is 1.56 bits per heavy atom. The minimum atomic E-state index is 0.541. The first-order valence-electron chi connectivity index (χ1n) is 5.65. The van der Waals surface area contributed by atoms with Gasteiger partial charge >= 0.3 is 0 Å². The van der Waals surface area contributed by atoms with Crippen LogP contribution < -0.4 is 10.6 Å². The number of nitrogen functional groups attached to an aromatic ring is 1. The Labute approximate surface area is 93.9 Å². The number of imidazole rings is 1. The molecular formula is C11H15N5. The first-order valence-corrected chi connectivity index (χ1v) is 5.65. The number of hydrogen-bond donors (Lipinski definition) is 1. The molecule has 2 N–H and O–H groups in total. The van der Waals surface area contributed by atoms with E-state index in [2.05, 4.69) is 21.8 Å². The van der Waals surface area contributed by atoms with E-state index in [4.69, 9.17) is 5.73 Å². The second kappa shape index (κ2) is 3.37. The van der Waals surface area contributed by atoms with Crippen molar-refractivity contribution in [3.8, 4) is 0 Å². The summed E-state index contributed by atoms with van der Waals surface area (Å²) < 4.78 is 1.93. The Morgan fingerprint density at radius 2 is 2.38 bits per heavy atom. The summed E-state index contributed by atoms with van der Waals surface area (Å²) in [6.07, 6.45) is 7.97. The minimum absolute atomic E-state index is 0.541. The number of nitrogens with two attached hydrogens (primary N) is 1. The lowest BCUT2D eigenvalue weighted by Gasteiger charge is -2.22. The average molecular weight is 217 g/mol. The van der Waals surface area contributed by atoms with E-state index in [-0.39, 0.29) is 0 Å². The smallest absolute Gasteiger partial charge is 0.180 e. The van der Waals surface area contributed by atoms with Gasteiger partial charge in [0.15, 0.2) is 11.5 Å². The molecule has 1 fully saturated rings. The normalized spacial score (nSPS) is 15.6. The van der Waals surface area contributed by atoms with Gasteiger partial charge in [-0.15, -0.1) is 0 Å². The van der Waals surface area contributed by atoms with E-state index in [9.17, 15) is 0 Å². The minimum Gasteiger partial charge on any atom is -0.382 e. The van der Waals surface area contributed by atoms with E-state index in [0.717, 1.165) is 18.0 Å². The van der Waals surface area contributed by atoms with E-state index in [0.29, 0.717) is 11.9 Å². The summed E-state index contributed by atoms with van der Waals surface area (Å²) in [5.74, 6) is 1.45. The lowest BCUT2D eigenvalue weighted by atomic mass is 10.4. The molecule has 2 heterocycles. The van der Waals surface area contributed by atoms with Gasteiger partial charge < -0.3 is 15.0 Å². The zero-order chi connectivity index (χ0) is 11.1. The lowest BCUT2D eigenvalue weighted by Crippen LogP contribution is -2.27. The van der Waals surface area contributed by atoms with Gasteiger partial charge in [-0.3, -0.25) is 0 Å². The Hall–Kier alpha value is -1.78. The molecule has 0 aromatic carbocycles. The van der Waals surface area contributed by atoms with Crippen LogP contribution in [0.1, 0.15) is 19.8 Å². The van der Waals surface area contributed by atoms with E-state index in [1.165, 1.54) is 12.8 Å². The highest BCUT2D eigenvalue weighted by molar-refractivity contribution is 5.67. The molecule has 1 saturated carbocycles. The van der Waals surface area contributed by atoms with Gasteiger partial charge in [0, 0.05) is 25.0 Å². The monoisotopic (exact) mass is 217 g/mol. The van der Waals surface area contributed by atoms with Crippen molar-refractivity contribution in [2.45, 2.75) is 25.8 Å². The van der Waals surface area contributed by atoms with Gasteiger partial charge in [-0.25, -0.2) is 9.97 Å². The van der Waals surface area contributed by atoms with Crippen LogP contribution in [0, 0.1) is 0 Å². The van der Waals surface area contributed by atoms with Crippen LogP contribution in [-0.2, 0) is 0 Å². The summed E-state index contributed by atoms with van der Waals surface area (Å²) >= 11 is 0. The molecule has 0 radical (unpaired) electrons. The van der Waals surface area contributed by atoms with Crippen LogP contribution in [0.15, 0.2) is 18.6 Å². The largest absolute Gasteiger partial charge is 0.382 e. The van der Waals surface area contributed by atoms with Gasteiger partial charge in [0.05, 0.1) is 6.20 Å². The second-order valence-electron chi connectivity index (χ2n) is 4.16. The molecule has 2 aromatic heterocycles. The van der Waals surface area contributed by atoms with Crippen molar-refractivity contribution in [2.75, 3.05) is 17.2 Å². The predicted molar refractivity (Wildman–Crippen MR) is 63.4 cm³/mol. The fourth-order valence-corrected chi connectivity index (χ4v) is 2.09. The van der Waals surface area contributed by atoms with E-state index < -0.39 is 0 Å². The van der Waals surface area contributed by atoms with Crippen molar-refractivity contribution >= 4 is 17.3 Å². The quantitative estimate of drug-likeness (QED) is 0.841. The van der Waals surface area contributed by atoms with Crippen LogP contribution >= 0.6 is 0 Å². The Kier molecular flexibility index (Phi) is 1.99. The van der Waals surface area contributed by atoms with E-state index in [1.807, 2.05) is 10.6 Å². The van der Waals surface area contributed by atoms with Crippen molar-refractivity contribution in [1.82, 2.24) is 14.4 Å². The highest BCUT2D eigenvalue weighted by Gasteiger charge is 2.30. The summed E-state index contributed by atoms with van der Waals surface area (Å²) in [5.41, 5.74) is 6.70. The van der Waals surface area contributed by atoms with Crippen molar-refractivity contribution in [3.63, 3.8) is 0 Å². The molecule has 0 unspecified atom stereocenters. The van der Waals surface area contributed by atoms with Gasteiger partial charge in [0.25, 0.3) is 0 Å². The molecule has 84 valence electrons. The molecule has 0 atom stereocenters. The van der Waals surface area contributed by atoms with Crippen molar-refractivity contribution in [3.05, 3.63) is 18.6 Å². The Balaban J connectivity index is 2.15. The number of hydrogen-bond acceptors (Lipinski definition) is 4. The predicted octanol–water partition coefficient (Wildman–Crippen LogP) is 1.30. The summed E-state index contributed by atoms with van der Waals surface area (Å²) in [6, 6.07) is 0.625. The molecule has 0 bridgehead atoms. The third-order valence-corrected chi connectivity index (χ3v) is 2.98. The third-order valence-electron chi connectivity index (χ3n) is 2.98. The molecular weight excluding hydrogens is 202 g/mol. The molecule has 0 aliphatic heterocycles. The van der Waals surface area contributed by atoms with Crippen molar-refractivity contribution < 1.29 is 0 Å². The van der Waals surface area contributed by atoms with E-state index in [1.54, 1.807) is 12.4 Å². The second-order valence-corrected chi connectivity index (χ2v) is 4.16. The summed E-state index contributed by atoms with van der Waals surface area (Å²) in [4.78, 5) is 11.1. The maximum absolute atomic E-state index is 5.81. The molecule has 5 heteroatoms. The summed E-state index contributed by atoms with van der Waals surface area (Å²) in [6.45, 7) is 3.09. The number of fused-ring (bicyclic) bond motifs is 1. The Morgan fingerprint density at radius 3 is 3.06 bits per heavy atom. The van der Waals surface area contributed by atoms with Crippen LogP contribution in [0.2, 0.25) is 0 Å². The van der Waals surface area contributed by atoms with Gasteiger partial charge in [0.2, 0.25) is 0 Å². The maximum atomic E-state index is 5.81. The van der Waals surface area contributed by atoms with Gasteiger partial charge in [-0.1, -0.05) is 0 Å². The number of anilines is 2. The number of nitrogens with zero attached hydrogens (tertiary/aromatic N) is 4. The molecule has 1 aliphatic carbocycles. The molecule has 1 aliphatic rings. The first kappa shape index (κ1) is 9.45. The highest BCUT2D eigenvalue weighted by Crippen LogP contribution is 2.32. The van der Waals surface area contributed by atoms with Gasteiger partial charge in [-0.05, 0) is 19.8 Å². The van der Waals surface area contributed by atoms with Crippen LogP contribution in [-0.4, -0.2) is 27.0 Å². The number of aromatic nitrogens is 3. The molecule has 0 spiro atoms. The first-order chi connectivity index (χ1) is 7.79. The Bertz CT molecular complexity index is 514. The fraction of sp³-hybridized carbons (Fsp3) is 0.455. The van der Waals surface area contributed by atoms with Crippen molar-refractivity contribution in [1.29, 1.82) is 0 Å². The van der Waals surface area contributed by atoms with Crippen molar-refractivity contribution in [2.24, 2.45) is 0 Å². The highest BCUT2D eigenvalue weighted by atomic mass is 15.3. The van der Waals surface area contributed by atoms with Gasteiger partial charge in [-0.2, -0.15) is 0 Å². The molecule has 0 saturated heterocycles. The fourth-order valence-electron chi connectivity index (χ4n) is 2.09. The topological polar surface area (TPSA) is 59.5 Å². The number of rotatable bonds is 3. The van der Waals surface area contributed by atoms with Crippen LogP contribution in [0.4, 0.5) is 11.6 Å². The lowest BCUT2D eigenvalue weighted by molar-refractivity contribution is 0.808.